The van der Waals surface area contributed by atoms with E-state index < -0.39 is 6.04 Å². The summed E-state index contributed by atoms with van der Waals surface area (Å²) in [6.07, 6.45) is 0.414. The number of nitrogens with zero attached hydrogens (tertiary/aromatic N) is 1. The molecule has 5 nitrogen and oxygen atoms in total. The van der Waals surface area contributed by atoms with Gasteiger partial charge in [-0.2, -0.15) is 0 Å². The van der Waals surface area contributed by atoms with Crippen LogP contribution in [0.5, 0.6) is 5.75 Å². The van der Waals surface area contributed by atoms with Crippen LogP contribution in [0.25, 0.3) is 0 Å². The van der Waals surface area contributed by atoms with Crippen molar-refractivity contribution in [1.82, 2.24) is 10.2 Å². The fourth-order valence-electron chi connectivity index (χ4n) is 4.03. The van der Waals surface area contributed by atoms with Gasteiger partial charge in [-0.05, 0) is 70.1 Å². The summed E-state index contributed by atoms with van der Waals surface area (Å²) in [5.41, 5.74) is 4.23. The van der Waals surface area contributed by atoms with E-state index in [1.165, 1.54) is 5.56 Å². The monoisotopic (exact) mass is 550 g/mol. The SMILES string of the molecule is CCNC(=O)C(Cc1ccccc1)N(Cc1ccccc1C)C(=O)COc1ccc(C(C)C)cc1Br. The van der Waals surface area contributed by atoms with Crippen molar-refractivity contribution in [3.63, 3.8) is 0 Å². The molecule has 2 amide bonds. The van der Waals surface area contributed by atoms with Crippen molar-refractivity contribution < 1.29 is 14.3 Å². The number of halogens is 1. The highest BCUT2D eigenvalue weighted by atomic mass is 79.9. The van der Waals surface area contributed by atoms with Gasteiger partial charge in [0.2, 0.25) is 5.91 Å². The number of amides is 2. The molecule has 3 aromatic rings. The molecule has 0 aromatic heterocycles. The number of carbonyl (C=O) groups is 2. The standard InChI is InChI=1S/C30H35BrN2O3/c1-5-32-30(35)27(17-23-12-7-6-8-13-23)33(19-25-14-10-9-11-22(25)4)29(34)20-36-28-16-15-24(21(2)3)18-26(28)31/h6-16,18,21,27H,5,17,19-20H2,1-4H3,(H,32,35). The minimum atomic E-state index is -0.671. The smallest absolute Gasteiger partial charge is 0.261 e. The molecule has 190 valence electrons. The number of hydrogen-bond donors (Lipinski definition) is 1. The fraction of sp³-hybridized carbons (Fsp3) is 0.333. The highest BCUT2D eigenvalue weighted by Gasteiger charge is 2.30. The van der Waals surface area contributed by atoms with E-state index in [0.29, 0.717) is 31.2 Å². The maximum absolute atomic E-state index is 13.7. The number of ether oxygens (including phenoxy) is 1. The zero-order valence-electron chi connectivity index (χ0n) is 21.5. The van der Waals surface area contributed by atoms with Crippen molar-refractivity contribution in [1.29, 1.82) is 0 Å². The molecular weight excluding hydrogens is 516 g/mol. The van der Waals surface area contributed by atoms with Crippen LogP contribution in [0.4, 0.5) is 0 Å². The Morgan fingerprint density at radius 2 is 1.69 bits per heavy atom. The molecule has 0 saturated heterocycles. The molecule has 0 bridgehead atoms. The van der Waals surface area contributed by atoms with Gasteiger partial charge in [0.25, 0.3) is 5.91 Å². The number of rotatable bonds is 11. The lowest BCUT2D eigenvalue weighted by molar-refractivity contribution is -0.142. The number of nitrogens with one attached hydrogen (secondary N) is 1. The van der Waals surface area contributed by atoms with Crippen LogP contribution in [0.15, 0.2) is 77.3 Å². The predicted molar refractivity (Wildman–Crippen MR) is 148 cm³/mol. The molecule has 0 spiro atoms. The summed E-state index contributed by atoms with van der Waals surface area (Å²) < 4.78 is 6.75. The lowest BCUT2D eigenvalue weighted by atomic mass is 10.0. The van der Waals surface area contributed by atoms with Crippen LogP contribution in [-0.2, 0) is 22.6 Å². The molecule has 3 rings (SSSR count). The Morgan fingerprint density at radius 3 is 2.33 bits per heavy atom. The first-order chi connectivity index (χ1) is 17.3. The maximum atomic E-state index is 13.7. The first-order valence-corrected chi connectivity index (χ1v) is 13.2. The summed E-state index contributed by atoms with van der Waals surface area (Å²) in [5, 5.41) is 2.92. The Morgan fingerprint density at radius 1 is 1.00 bits per heavy atom. The van der Waals surface area contributed by atoms with Crippen molar-refractivity contribution in [2.45, 2.75) is 52.6 Å². The van der Waals surface area contributed by atoms with Crippen molar-refractivity contribution in [2.75, 3.05) is 13.2 Å². The molecule has 0 heterocycles. The first kappa shape index (κ1) is 27.5. The molecule has 3 aromatic carbocycles. The summed E-state index contributed by atoms with van der Waals surface area (Å²) in [5.74, 6) is 0.564. The Labute approximate surface area is 223 Å². The third-order valence-electron chi connectivity index (χ3n) is 6.20. The van der Waals surface area contributed by atoms with Crippen molar-refractivity contribution in [3.05, 3.63) is 99.5 Å². The third-order valence-corrected chi connectivity index (χ3v) is 6.82. The van der Waals surface area contributed by atoms with Crippen LogP contribution in [-0.4, -0.2) is 35.9 Å². The fourth-order valence-corrected chi connectivity index (χ4v) is 4.54. The van der Waals surface area contributed by atoms with E-state index in [1.54, 1.807) is 4.90 Å². The molecule has 1 unspecified atom stereocenters. The van der Waals surface area contributed by atoms with Crippen LogP contribution in [0, 0.1) is 6.92 Å². The van der Waals surface area contributed by atoms with Gasteiger partial charge in [-0.1, -0.05) is 74.5 Å². The zero-order valence-corrected chi connectivity index (χ0v) is 23.0. The Kier molecular flexibility index (Phi) is 10.1. The first-order valence-electron chi connectivity index (χ1n) is 12.4. The number of carbonyl (C=O) groups excluding carboxylic acids is 2. The van der Waals surface area contributed by atoms with E-state index in [0.717, 1.165) is 21.2 Å². The molecule has 0 aliphatic carbocycles. The van der Waals surface area contributed by atoms with Crippen LogP contribution in [0.2, 0.25) is 0 Å². The van der Waals surface area contributed by atoms with Crippen LogP contribution in [0.3, 0.4) is 0 Å². The van der Waals surface area contributed by atoms with Gasteiger partial charge in [0, 0.05) is 19.5 Å². The van der Waals surface area contributed by atoms with Gasteiger partial charge in [0.1, 0.15) is 11.8 Å². The molecule has 1 atom stereocenters. The van der Waals surface area contributed by atoms with Gasteiger partial charge in [-0.15, -0.1) is 0 Å². The summed E-state index contributed by atoms with van der Waals surface area (Å²) >= 11 is 3.57. The normalized spacial score (nSPS) is 11.7. The highest BCUT2D eigenvalue weighted by Crippen LogP contribution is 2.29. The molecule has 0 radical (unpaired) electrons. The lowest BCUT2D eigenvalue weighted by Crippen LogP contribution is -2.51. The maximum Gasteiger partial charge on any atom is 0.261 e. The minimum absolute atomic E-state index is 0.170. The van der Waals surface area contributed by atoms with Crippen molar-refractivity contribution in [3.8, 4) is 5.75 Å². The summed E-state index contributed by atoms with van der Waals surface area (Å²) in [4.78, 5) is 28.6. The highest BCUT2D eigenvalue weighted by molar-refractivity contribution is 9.10. The van der Waals surface area contributed by atoms with E-state index >= 15 is 0 Å². The number of hydrogen-bond acceptors (Lipinski definition) is 3. The summed E-state index contributed by atoms with van der Waals surface area (Å²) in [7, 11) is 0. The minimum Gasteiger partial charge on any atom is -0.483 e. The second-order valence-electron chi connectivity index (χ2n) is 9.18. The molecule has 0 aliphatic heterocycles. The van der Waals surface area contributed by atoms with Crippen LogP contribution in [0.1, 0.15) is 48.9 Å². The molecule has 0 aliphatic rings. The molecule has 1 N–H and O–H groups in total. The average Bonchev–Trinajstić information content (AvgIpc) is 2.87. The topological polar surface area (TPSA) is 58.6 Å². The largest absolute Gasteiger partial charge is 0.483 e. The van der Waals surface area contributed by atoms with E-state index in [9.17, 15) is 9.59 Å². The average molecular weight is 552 g/mol. The predicted octanol–water partition coefficient (Wildman–Crippen LogP) is 6.04. The lowest BCUT2D eigenvalue weighted by Gasteiger charge is -2.32. The van der Waals surface area contributed by atoms with Crippen molar-refractivity contribution in [2.24, 2.45) is 0 Å². The third kappa shape index (κ3) is 7.44. The van der Waals surface area contributed by atoms with Gasteiger partial charge >= 0.3 is 0 Å². The second-order valence-corrected chi connectivity index (χ2v) is 10.0. The summed E-state index contributed by atoms with van der Waals surface area (Å²) in [6.45, 7) is 8.79. The van der Waals surface area contributed by atoms with Crippen LogP contribution < -0.4 is 10.1 Å². The number of aryl methyl sites for hydroxylation is 1. The van der Waals surface area contributed by atoms with Gasteiger partial charge in [-0.3, -0.25) is 9.59 Å². The Bertz CT molecular complexity index is 1160. The molecular formula is C30H35BrN2O3. The summed E-state index contributed by atoms with van der Waals surface area (Å²) in [6, 6.07) is 22.9. The second kappa shape index (κ2) is 13.3. The van der Waals surface area contributed by atoms with E-state index in [2.05, 4.69) is 35.1 Å². The van der Waals surface area contributed by atoms with E-state index in [-0.39, 0.29) is 18.4 Å². The van der Waals surface area contributed by atoms with E-state index in [4.69, 9.17) is 4.74 Å². The number of benzene rings is 3. The quantitative estimate of drug-likeness (QED) is 0.316. The molecule has 0 saturated carbocycles. The molecule has 36 heavy (non-hydrogen) atoms. The van der Waals surface area contributed by atoms with Gasteiger partial charge < -0.3 is 15.0 Å². The molecule has 0 fully saturated rings. The Balaban J connectivity index is 1.89. The number of likely N-dealkylation sites (N-methyl/N-ethyl adjacent to an activating group) is 1. The van der Waals surface area contributed by atoms with Gasteiger partial charge in [0.15, 0.2) is 6.61 Å². The Hall–Kier alpha value is -3.12. The van der Waals surface area contributed by atoms with E-state index in [1.807, 2.05) is 86.6 Å². The van der Waals surface area contributed by atoms with Gasteiger partial charge in [-0.25, -0.2) is 0 Å². The van der Waals surface area contributed by atoms with Crippen LogP contribution >= 0.6 is 15.9 Å². The van der Waals surface area contributed by atoms with Gasteiger partial charge in [0.05, 0.1) is 4.47 Å². The van der Waals surface area contributed by atoms with Crippen molar-refractivity contribution >= 4 is 27.7 Å². The zero-order chi connectivity index (χ0) is 26.1. The molecule has 6 heteroatoms.